The van der Waals surface area contributed by atoms with E-state index < -0.39 is 0 Å². The van der Waals surface area contributed by atoms with Gasteiger partial charge in [0.1, 0.15) is 0 Å². The minimum absolute atomic E-state index is 0.0452. The minimum atomic E-state index is -0.343. The molecule has 0 aliphatic carbocycles. The molecule has 1 aromatic carbocycles. The Labute approximate surface area is 158 Å². The van der Waals surface area contributed by atoms with Crippen LogP contribution in [0.5, 0.6) is 0 Å². The maximum Gasteiger partial charge on any atom is 0.239 e. The van der Waals surface area contributed by atoms with Crippen molar-refractivity contribution in [1.82, 2.24) is 10.6 Å². The summed E-state index contributed by atoms with van der Waals surface area (Å²) in [5.41, 5.74) is 1.90. The number of thioether (sulfide) groups is 1. The van der Waals surface area contributed by atoms with Crippen molar-refractivity contribution in [1.29, 1.82) is 0 Å². The van der Waals surface area contributed by atoms with Gasteiger partial charge >= 0.3 is 0 Å². The molecule has 1 aliphatic rings. The largest absolute Gasteiger partial charge is 0.382 e. The van der Waals surface area contributed by atoms with Crippen LogP contribution in [0, 0.1) is 0 Å². The van der Waals surface area contributed by atoms with Gasteiger partial charge in [-0.2, -0.15) is 5.10 Å². The number of benzene rings is 1. The fourth-order valence-corrected chi connectivity index (χ4v) is 3.19. The van der Waals surface area contributed by atoms with E-state index in [1.165, 1.54) is 11.8 Å². The van der Waals surface area contributed by atoms with E-state index in [4.69, 9.17) is 0 Å². The van der Waals surface area contributed by atoms with E-state index in [0.29, 0.717) is 6.42 Å². The molecule has 138 valence electrons. The Bertz CT molecular complexity index is 701. The van der Waals surface area contributed by atoms with Gasteiger partial charge in [0.25, 0.3) is 0 Å². The minimum Gasteiger partial charge on any atom is -0.382 e. The maximum atomic E-state index is 11.8. The Morgan fingerprint density at radius 2 is 2.15 bits per heavy atom. The molecule has 0 saturated carbocycles. The van der Waals surface area contributed by atoms with Crippen molar-refractivity contribution in [3.8, 4) is 0 Å². The van der Waals surface area contributed by atoms with Gasteiger partial charge < -0.3 is 10.6 Å². The van der Waals surface area contributed by atoms with E-state index in [9.17, 15) is 9.59 Å². The number of hydrazone groups is 1. The van der Waals surface area contributed by atoms with E-state index in [2.05, 4.69) is 15.7 Å². The van der Waals surface area contributed by atoms with Gasteiger partial charge in [-0.3, -0.25) is 14.6 Å². The Kier molecular flexibility index (Phi) is 7.95. The highest BCUT2D eigenvalue weighted by atomic mass is 32.2. The number of hydrogen-bond donors (Lipinski definition) is 2. The van der Waals surface area contributed by atoms with E-state index in [1.807, 2.05) is 56.5 Å². The number of anilines is 1. The van der Waals surface area contributed by atoms with Crippen LogP contribution in [-0.2, 0) is 9.59 Å². The van der Waals surface area contributed by atoms with Crippen LogP contribution in [0.3, 0.4) is 0 Å². The van der Waals surface area contributed by atoms with Crippen molar-refractivity contribution >= 4 is 34.7 Å². The predicted molar refractivity (Wildman–Crippen MR) is 108 cm³/mol. The molecule has 2 rings (SSSR count). The molecule has 6 nitrogen and oxygen atoms in total. The van der Waals surface area contributed by atoms with Crippen molar-refractivity contribution in [2.45, 2.75) is 19.4 Å². The summed E-state index contributed by atoms with van der Waals surface area (Å²) in [5.74, 6) is 0.591. The van der Waals surface area contributed by atoms with Crippen LogP contribution in [-0.4, -0.2) is 42.6 Å². The van der Waals surface area contributed by atoms with Gasteiger partial charge in [0, 0.05) is 12.8 Å². The van der Waals surface area contributed by atoms with Gasteiger partial charge in [0.2, 0.25) is 11.0 Å². The Morgan fingerprint density at radius 3 is 2.81 bits per heavy atom. The lowest BCUT2D eigenvalue weighted by molar-refractivity contribution is -0.123. The van der Waals surface area contributed by atoms with Crippen molar-refractivity contribution in [2.24, 2.45) is 5.10 Å². The number of carbonyl (C=O) groups is 2. The normalized spacial score (nSPS) is 17.8. The third kappa shape index (κ3) is 6.40. The van der Waals surface area contributed by atoms with Crippen LogP contribution in [0.4, 0.5) is 5.69 Å². The first-order valence-electron chi connectivity index (χ1n) is 8.45. The molecule has 1 aromatic rings. The first-order valence-corrected chi connectivity index (χ1v) is 9.43. The van der Waals surface area contributed by atoms with Crippen LogP contribution in [0.2, 0.25) is 0 Å². The maximum absolute atomic E-state index is 11.8. The molecule has 0 bridgehead atoms. The quantitative estimate of drug-likeness (QED) is 0.416. The lowest BCUT2D eigenvalue weighted by Gasteiger charge is -2.12. The highest BCUT2D eigenvalue weighted by molar-refractivity contribution is 8.14. The van der Waals surface area contributed by atoms with E-state index >= 15 is 0 Å². The highest BCUT2D eigenvalue weighted by Gasteiger charge is 2.26. The van der Waals surface area contributed by atoms with Crippen LogP contribution < -0.4 is 15.6 Å². The third-order valence-electron chi connectivity index (χ3n) is 3.77. The van der Waals surface area contributed by atoms with Crippen LogP contribution in [0.15, 0.2) is 59.4 Å². The zero-order valence-corrected chi connectivity index (χ0v) is 15.8. The number of hydrogen-bond acceptors (Lipinski definition) is 6. The summed E-state index contributed by atoms with van der Waals surface area (Å²) in [6.45, 7) is 2.05. The van der Waals surface area contributed by atoms with Crippen molar-refractivity contribution in [3.63, 3.8) is 0 Å². The second kappa shape index (κ2) is 10.5. The van der Waals surface area contributed by atoms with Crippen molar-refractivity contribution < 1.29 is 9.59 Å². The Balaban J connectivity index is 1.75. The van der Waals surface area contributed by atoms with E-state index in [-0.39, 0.29) is 23.6 Å². The fourth-order valence-electron chi connectivity index (χ4n) is 2.26. The number of para-hydroxylation sites is 1. The second-order valence-corrected chi connectivity index (χ2v) is 6.78. The molecule has 1 heterocycles. The predicted octanol–water partition coefficient (Wildman–Crippen LogP) is 2.31. The summed E-state index contributed by atoms with van der Waals surface area (Å²) in [4.78, 5) is 23.3. The monoisotopic (exact) mass is 372 g/mol. The zero-order chi connectivity index (χ0) is 18.8. The molecule has 1 atom stereocenters. The van der Waals surface area contributed by atoms with Gasteiger partial charge in [0.15, 0.2) is 0 Å². The molecule has 1 saturated heterocycles. The fraction of sp³-hybridized carbons (Fsp3) is 0.316. The molecule has 26 heavy (non-hydrogen) atoms. The molecular formula is C19H24N4O2S. The highest BCUT2D eigenvalue weighted by Crippen LogP contribution is 2.19. The van der Waals surface area contributed by atoms with Crippen LogP contribution >= 0.6 is 11.8 Å². The SMILES string of the molecule is C/C=C(\C=C/NCC(=O)NC1CCSC1=O)/C=N/N(C)c1ccccc1. The molecule has 0 aromatic heterocycles. The summed E-state index contributed by atoms with van der Waals surface area (Å²) in [5, 5.41) is 11.9. The Hall–Kier alpha value is -2.54. The van der Waals surface area contributed by atoms with Gasteiger partial charge in [-0.1, -0.05) is 36.0 Å². The third-order valence-corrected chi connectivity index (χ3v) is 4.78. The first-order chi connectivity index (χ1) is 12.6. The number of allylic oxidation sites excluding steroid dienone is 3. The molecule has 0 radical (unpaired) electrons. The average Bonchev–Trinajstić information content (AvgIpc) is 3.06. The van der Waals surface area contributed by atoms with Crippen molar-refractivity contribution in [3.05, 3.63) is 54.3 Å². The lowest BCUT2D eigenvalue weighted by Crippen LogP contribution is -2.41. The van der Waals surface area contributed by atoms with Gasteiger partial charge in [0.05, 0.1) is 24.5 Å². The molecule has 1 fully saturated rings. The van der Waals surface area contributed by atoms with Gasteiger partial charge in [-0.25, -0.2) is 0 Å². The number of rotatable bonds is 8. The molecule has 2 N–H and O–H groups in total. The van der Waals surface area contributed by atoms with Gasteiger partial charge in [-0.15, -0.1) is 0 Å². The smallest absolute Gasteiger partial charge is 0.239 e. The summed E-state index contributed by atoms with van der Waals surface area (Å²) >= 11 is 1.27. The standard InChI is InChI=1S/C19H24N4O2S/c1-3-15(13-21-23(2)16-7-5-4-6-8-16)9-11-20-14-18(24)22-17-10-12-26-19(17)25/h3-9,11,13,17,20H,10,12,14H2,1-2H3,(H,22,24)/b11-9-,15-3+,21-13+. The second-order valence-electron chi connectivity index (χ2n) is 5.68. The van der Waals surface area contributed by atoms with Crippen LogP contribution in [0.1, 0.15) is 13.3 Å². The van der Waals surface area contributed by atoms with Crippen LogP contribution in [0.25, 0.3) is 0 Å². The topological polar surface area (TPSA) is 73.8 Å². The van der Waals surface area contributed by atoms with E-state index in [1.54, 1.807) is 17.4 Å². The summed E-state index contributed by atoms with van der Waals surface area (Å²) in [7, 11) is 1.88. The molecule has 0 spiro atoms. The molecule has 7 heteroatoms. The number of amides is 1. The summed E-state index contributed by atoms with van der Waals surface area (Å²) in [6.07, 6.45) is 7.93. The number of nitrogens with one attached hydrogen (secondary N) is 2. The number of carbonyl (C=O) groups excluding carboxylic acids is 2. The summed E-state index contributed by atoms with van der Waals surface area (Å²) in [6, 6.07) is 9.51. The lowest BCUT2D eigenvalue weighted by atomic mass is 10.2. The molecule has 1 amide bonds. The van der Waals surface area contributed by atoms with Crippen molar-refractivity contribution in [2.75, 3.05) is 24.4 Å². The summed E-state index contributed by atoms with van der Waals surface area (Å²) < 4.78 is 0. The molecule has 1 unspecified atom stereocenters. The Morgan fingerprint density at radius 1 is 1.38 bits per heavy atom. The average molecular weight is 372 g/mol. The van der Waals surface area contributed by atoms with E-state index in [0.717, 1.165) is 17.0 Å². The number of nitrogens with zero attached hydrogens (tertiary/aromatic N) is 2. The molecule has 1 aliphatic heterocycles. The molecular weight excluding hydrogens is 348 g/mol. The zero-order valence-electron chi connectivity index (χ0n) is 15.0. The van der Waals surface area contributed by atoms with Gasteiger partial charge in [-0.05, 0) is 43.3 Å². The first kappa shape index (κ1) is 19.8.